The molecule has 1 aromatic heterocycles. The third kappa shape index (κ3) is 4.87. The fraction of sp³-hybridized carbons (Fsp3) is 0.524. The lowest BCUT2D eigenvalue weighted by molar-refractivity contribution is -0.121. The maximum atomic E-state index is 12.6. The number of carbonyl (C=O) groups excluding carboxylic acids is 1. The van der Waals surface area contributed by atoms with E-state index in [0.717, 1.165) is 48.2 Å². The second-order valence-corrected chi connectivity index (χ2v) is 9.55. The second kappa shape index (κ2) is 8.67. The van der Waals surface area contributed by atoms with Crippen LogP contribution in [0.25, 0.3) is 0 Å². The first-order valence-corrected chi connectivity index (χ1v) is 11.6. The number of amides is 1. The number of aromatic nitrogens is 2. The van der Waals surface area contributed by atoms with E-state index in [4.69, 9.17) is 0 Å². The smallest absolute Gasteiger partial charge is 0.240 e. The quantitative estimate of drug-likeness (QED) is 0.722. The van der Waals surface area contributed by atoms with Crippen molar-refractivity contribution >= 4 is 15.9 Å². The van der Waals surface area contributed by atoms with Gasteiger partial charge in [0, 0.05) is 31.3 Å². The van der Waals surface area contributed by atoms with Gasteiger partial charge in [0.2, 0.25) is 15.9 Å². The molecule has 1 atom stereocenters. The Morgan fingerprint density at radius 3 is 2.55 bits per heavy atom. The Morgan fingerprint density at radius 1 is 1.21 bits per heavy atom. The third-order valence-electron chi connectivity index (χ3n) is 5.65. The van der Waals surface area contributed by atoms with Gasteiger partial charge in [0.1, 0.15) is 0 Å². The van der Waals surface area contributed by atoms with E-state index in [9.17, 15) is 13.2 Å². The van der Waals surface area contributed by atoms with E-state index in [2.05, 4.69) is 15.1 Å². The first-order chi connectivity index (χ1) is 13.7. The molecule has 1 amide bonds. The number of rotatable bonds is 7. The molecule has 1 aliphatic carbocycles. The lowest BCUT2D eigenvalue weighted by Gasteiger charge is -2.17. The first kappa shape index (κ1) is 21.5. The van der Waals surface area contributed by atoms with Crippen LogP contribution in [-0.4, -0.2) is 30.7 Å². The number of hydrogen-bond acceptors (Lipinski definition) is 4. The molecule has 0 bridgehead atoms. The summed E-state index contributed by atoms with van der Waals surface area (Å²) in [5.74, 6) is -0.201. The number of hydrogen-bond donors (Lipinski definition) is 2. The van der Waals surface area contributed by atoms with E-state index < -0.39 is 10.0 Å². The molecule has 0 spiro atoms. The van der Waals surface area contributed by atoms with Gasteiger partial charge in [-0.05, 0) is 69.7 Å². The van der Waals surface area contributed by atoms with Crippen LogP contribution in [0.4, 0.5) is 0 Å². The minimum Gasteiger partial charge on any atom is -0.349 e. The van der Waals surface area contributed by atoms with Gasteiger partial charge in [-0.25, -0.2) is 13.1 Å². The van der Waals surface area contributed by atoms with Crippen molar-refractivity contribution < 1.29 is 13.2 Å². The summed E-state index contributed by atoms with van der Waals surface area (Å²) in [4.78, 5) is 12.6. The van der Waals surface area contributed by atoms with Crippen LogP contribution in [-0.2, 0) is 34.7 Å². The zero-order valence-corrected chi connectivity index (χ0v) is 18.4. The molecular weight excluding hydrogens is 388 g/mol. The number of fused-ring (bicyclic) bond motifs is 1. The summed E-state index contributed by atoms with van der Waals surface area (Å²) in [6.07, 6.45) is 4.26. The Bertz CT molecular complexity index is 1010. The van der Waals surface area contributed by atoms with Crippen LogP contribution in [0, 0.1) is 13.8 Å². The summed E-state index contributed by atoms with van der Waals surface area (Å²) in [5, 5.41) is 7.30. The number of aryl methyl sites for hydroxylation is 4. The monoisotopic (exact) mass is 418 g/mol. The Kier molecular flexibility index (Phi) is 6.43. The van der Waals surface area contributed by atoms with Crippen molar-refractivity contribution in [2.75, 3.05) is 6.54 Å². The van der Waals surface area contributed by atoms with E-state index in [0.29, 0.717) is 0 Å². The number of sulfonamides is 1. The first-order valence-electron chi connectivity index (χ1n) is 10.1. The van der Waals surface area contributed by atoms with Crippen molar-refractivity contribution in [3.8, 4) is 0 Å². The predicted octanol–water partition coefficient (Wildman–Crippen LogP) is 2.46. The Labute approximate surface area is 172 Å². The van der Waals surface area contributed by atoms with Crippen molar-refractivity contribution in [3.05, 3.63) is 46.3 Å². The average molecular weight is 419 g/mol. The summed E-state index contributed by atoms with van der Waals surface area (Å²) >= 11 is 0. The van der Waals surface area contributed by atoms with Gasteiger partial charge in [0.25, 0.3) is 0 Å². The number of nitrogens with one attached hydrogen (secondary N) is 2. The predicted molar refractivity (Wildman–Crippen MR) is 112 cm³/mol. The van der Waals surface area contributed by atoms with Crippen molar-refractivity contribution in [1.82, 2.24) is 19.8 Å². The van der Waals surface area contributed by atoms with Crippen LogP contribution in [0.5, 0.6) is 0 Å². The summed E-state index contributed by atoms with van der Waals surface area (Å²) < 4.78 is 29.5. The minimum absolute atomic E-state index is 0.0585. The van der Waals surface area contributed by atoms with E-state index in [1.54, 1.807) is 16.8 Å². The SMILES string of the molecule is Cc1nn(C)c(C)c1C(C)NC(=O)CCNS(=O)(=O)c1ccc2c(c1)CCCC2. The van der Waals surface area contributed by atoms with Crippen molar-refractivity contribution in [1.29, 1.82) is 0 Å². The molecule has 29 heavy (non-hydrogen) atoms. The van der Waals surface area contributed by atoms with Gasteiger partial charge in [0.15, 0.2) is 0 Å². The van der Waals surface area contributed by atoms with E-state index >= 15 is 0 Å². The molecular formula is C21H30N4O3S. The molecule has 0 saturated heterocycles. The van der Waals surface area contributed by atoms with Gasteiger partial charge in [0.05, 0.1) is 16.6 Å². The van der Waals surface area contributed by atoms with Crippen LogP contribution in [0.15, 0.2) is 23.1 Å². The van der Waals surface area contributed by atoms with Crippen molar-refractivity contribution in [2.24, 2.45) is 7.05 Å². The number of carbonyl (C=O) groups is 1. The van der Waals surface area contributed by atoms with Gasteiger partial charge >= 0.3 is 0 Å². The Morgan fingerprint density at radius 2 is 1.90 bits per heavy atom. The standard InChI is InChI=1S/C21H30N4O3S/c1-14(21-15(2)24-25(4)16(21)3)23-20(26)11-12-22-29(27,28)19-10-9-17-7-5-6-8-18(17)13-19/h9-10,13-14,22H,5-8,11-12H2,1-4H3,(H,23,26). The van der Waals surface area contributed by atoms with Crippen molar-refractivity contribution in [3.63, 3.8) is 0 Å². The van der Waals surface area contributed by atoms with Crippen LogP contribution < -0.4 is 10.0 Å². The summed E-state index contributed by atoms with van der Waals surface area (Å²) in [5.41, 5.74) is 5.24. The van der Waals surface area contributed by atoms with Gasteiger partial charge < -0.3 is 5.32 Å². The fourth-order valence-electron chi connectivity index (χ4n) is 4.06. The second-order valence-electron chi connectivity index (χ2n) is 7.78. The molecule has 158 valence electrons. The Balaban J connectivity index is 1.55. The van der Waals surface area contributed by atoms with Crippen LogP contribution in [0.3, 0.4) is 0 Å². The summed E-state index contributed by atoms with van der Waals surface area (Å²) in [7, 11) is -1.75. The third-order valence-corrected chi connectivity index (χ3v) is 7.11. The molecule has 3 rings (SSSR count). The zero-order chi connectivity index (χ0) is 21.2. The van der Waals surface area contributed by atoms with Gasteiger partial charge in [-0.2, -0.15) is 5.10 Å². The summed E-state index contributed by atoms with van der Waals surface area (Å²) in [6, 6.07) is 5.15. The lowest BCUT2D eigenvalue weighted by Crippen LogP contribution is -2.32. The van der Waals surface area contributed by atoms with Gasteiger partial charge in [-0.1, -0.05) is 6.07 Å². The van der Waals surface area contributed by atoms with Gasteiger partial charge in [-0.3, -0.25) is 9.48 Å². The maximum Gasteiger partial charge on any atom is 0.240 e. The zero-order valence-electron chi connectivity index (χ0n) is 17.6. The highest BCUT2D eigenvalue weighted by Crippen LogP contribution is 2.24. The van der Waals surface area contributed by atoms with Gasteiger partial charge in [-0.15, -0.1) is 0 Å². The topological polar surface area (TPSA) is 93.1 Å². The highest BCUT2D eigenvalue weighted by atomic mass is 32.2. The van der Waals surface area contributed by atoms with E-state index in [1.807, 2.05) is 33.9 Å². The molecule has 0 fully saturated rings. The molecule has 1 heterocycles. The number of nitrogens with zero attached hydrogens (tertiary/aromatic N) is 2. The molecule has 8 heteroatoms. The Hall–Kier alpha value is -2.19. The molecule has 1 aromatic carbocycles. The molecule has 2 aromatic rings. The van der Waals surface area contributed by atoms with E-state index in [1.165, 1.54) is 5.56 Å². The fourth-order valence-corrected chi connectivity index (χ4v) is 5.14. The van der Waals surface area contributed by atoms with Crippen LogP contribution in [0.1, 0.15) is 60.3 Å². The molecule has 1 aliphatic rings. The number of benzene rings is 1. The maximum absolute atomic E-state index is 12.6. The largest absolute Gasteiger partial charge is 0.349 e. The lowest BCUT2D eigenvalue weighted by atomic mass is 9.92. The van der Waals surface area contributed by atoms with E-state index in [-0.39, 0.29) is 29.8 Å². The summed E-state index contributed by atoms with van der Waals surface area (Å²) in [6.45, 7) is 5.84. The highest BCUT2D eigenvalue weighted by molar-refractivity contribution is 7.89. The molecule has 0 aliphatic heterocycles. The van der Waals surface area contributed by atoms with Crippen LogP contribution in [0.2, 0.25) is 0 Å². The molecule has 0 radical (unpaired) electrons. The average Bonchev–Trinajstić information content (AvgIpc) is 2.92. The molecule has 1 unspecified atom stereocenters. The molecule has 2 N–H and O–H groups in total. The minimum atomic E-state index is -3.62. The van der Waals surface area contributed by atoms with Crippen LogP contribution >= 0.6 is 0 Å². The highest BCUT2D eigenvalue weighted by Gasteiger charge is 2.20. The van der Waals surface area contributed by atoms with Crippen molar-refractivity contribution in [2.45, 2.75) is 63.8 Å². The molecule has 7 nitrogen and oxygen atoms in total. The normalized spacial score (nSPS) is 15.0. The molecule has 0 saturated carbocycles.